The van der Waals surface area contributed by atoms with Crippen LogP contribution in [0.4, 0.5) is 0 Å². The van der Waals surface area contributed by atoms with Crippen molar-refractivity contribution in [2.75, 3.05) is 12.4 Å². The maximum atomic E-state index is 10.3. The summed E-state index contributed by atoms with van der Waals surface area (Å²) in [6.07, 6.45) is -0.555. The predicted molar refractivity (Wildman–Crippen MR) is 91.8 cm³/mol. The largest absolute Gasteiger partial charge is 0.497 e. The summed E-state index contributed by atoms with van der Waals surface area (Å²) in [7, 11) is 1.65. The first-order valence-electron chi connectivity index (χ1n) is 6.58. The molecule has 0 heterocycles. The van der Waals surface area contributed by atoms with Crippen LogP contribution in [0, 0.1) is 0 Å². The molecule has 3 rings (SSSR count). The summed E-state index contributed by atoms with van der Waals surface area (Å²) >= 11 is 9.48. The Morgan fingerprint density at radius 3 is 2.62 bits per heavy atom. The third-order valence-corrected chi connectivity index (χ3v) is 4.51. The Labute approximate surface area is 136 Å². The van der Waals surface area contributed by atoms with Gasteiger partial charge in [0.1, 0.15) is 5.75 Å². The second-order valence-corrected chi connectivity index (χ2v) is 6.00. The van der Waals surface area contributed by atoms with E-state index < -0.39 is 6.10 Å². The Morgan fingerprint density at radius 1 is 1.10 bits per heavy atom. The molecule has 3 aromatic carbocycles. The number of benzene rings is 3. The predicted octanol–water partition coefficient (Wildman–Crippen LogP) is 5.08. The van der Waals surface area contributed by atoms with Gasteiger partial charge in [0.15, 0.2) is 0 Å². The van der Waals surface area contributed by atoms with E-state index in [2.05, 4.69) is 15.9 Å². The Balaban J connectivity index is 2.45. The van der Waals surface area contributed by atoms with Crippen molar-refractivity contribution < 1.29 is 9.84 Å². The molecule has 2 nitrogen and oxygen atoms in total. The van der Waals surface area contributed by atoms with E-state index in [0.29, 0.717) is 10.4 Å². The molecule has 0 spiro atoms. The van der Waals surface area contributed by atoms with E-state index in [4.69, 9.17) is 16.3 Å². The highest BCUT2D eigenvalue weighted by Gasteiger charge is 2.14. The monoisotopic (exact) mass is 364 g/mol. The van der Waals surface area contributed by atoms with Crippen molar-refractivity contribution in [3.63, 3.8) is 0 Å². The van der Waals surface area contributed by atoms with Gasteiger partial charge in [0.2, 0.25) is 0 Å². The van der Waals surface area contributed by atoms with Gasteiger partial charge in [-0.05, 0) is 57.4 Å². The maximum Gasteiger partial charge on any atom is 0.119 e. The van der Waals surface area contributed by atoms with Gasteiger partial charge in [0, 0.05) is 10.4 Å². The van der Waals surface area contributed by atoms with Crippen LogP contribution in [0.15, 0.2) is 42.5 Å². The lowest BCUT2D eigenvalue weighted by molar-refractivity contribution is 0.207. The zero-order chi connectivity index (χ0) is 15.0. The number of rotatable bonds is 3. The molecule has 3 aromatic rings. The molecule has 0 aliphatic heterocycles. The lowest BCUT2D eigenvalue weighted by atomic mass is 9.95. The van der Waals surface area contributed by atoms with Crippen LogP contribution < -0.4 is 4.74 Å². The van der Waals surface area contributed by atoms with E-state index in [1.54, 1.807) is 7.11 Å². The highest BCUT2D eigenvalue weighted by atomic mass is 79.9. The van der Waals surface area contributed by atoms with Crippen LogP contribution in [0.1, 0.15) is 11.7 Å². The van der Waals surface area contributed by atoms with Crippen LogP contribution in [0.2, 0.25) is 5.02 Å². The standard InChI is InChI=1S/C17H14BrClO2/c1-21-12-4-5-13-15(8-12)14-7-11(19)3-2-10(14)6-16(13)17(20)9-18/h2-8,17,20H,9H2,1H3/t17-/m1/s1. The number of aliphatic hydroxyl groups is 1. The van der Waals surface area contributed by atoms with Gasteiger partial charge in [-0.3, -0.25) is 0 Å². The van der Waals surface area contributed by atoms with E-state index in [1.165, 1.54) is 0 Å². The number of ether oxygens (including phenoxy) is 1. The second kappa shape index (κ2) is 5.84. The molecular formula is C17H14BrClO2. The van der Waals surface area contributed by atoms with Crippen molar-refractivity contribution in [2.24, 2.45) is 0 Å². The molecule has 0 unspecified atom stereocenters. The van der Waals surface area contributed by atoms with E-state index in [9.17, 15) is 5.11 Å². The Hall–Kier alpha value is -1.29. The fourth-order valence-electron chi connectivity index (χ4n) is 2.62. The molecular weight excluding hydrogens is 352 g/mol. The number of halogens is 2. The highest BCUT2D eigenvalue weighted by molar-refractivity contribution is 9.09. The van der Waals surface area contributed by atoms with E-state index >= 15 is 0 Å². The minimum absolute atomic E-state index is 0.493. The third-order valence-electron chi connectivity index (χ3n) is 3.66. The molecule has 1 atom stereocenters. The van der Waals surface area contributed by atoms with Crippen molar-refractivity contribution in [3.05, 3.63) is 53.1 Å². The molecule has 1 N–H and O–H groups in total. The van der Waals surface area contributed by atoms with Crippen molar-refractivity contribution in [2.45, 2.75) is 6.10 Å². The average molecular weight is 366 g/mol. The molecule has 0 bridgehead atoms. The SMILES string of the molecule is COc1ccc2c([C@H](O)CBr)cc3ccc(Cl)cc3c2c1. The second-order valence-electron chi connectivity index (χ2n) is 4.91. The number of hydrogen-bond acceptors (Lipinski definition) is 2. The zero-order valence-corrected chi connectivity index (χ0v) is 13.8. The van der Waals surface area contributed by atoms with Crippen molar-refractivity contribution in [1.82, 2.24) is 0 Å². The number of aliphatic hydroxyl groups excluding tert-OH is 1. The zero-order valence-electron chi connectivity index (χ0n) is 11.4. The van der Waals surface area contributed by atoms with Gasteiger partial charge in [-0.15, -0.1) is 0 Å². The van der Waals surface area contributed by atoms with Crippen molar-refractivity contribution in [1.29, 1.82) is 0 Å². The van der Waals surface area contributed by atoms with Gasteiger partial charge in [-0.1, -0.05) is 39.7 Å². The molecule has 0 saturated carbocycles. The van der Waals surface area contributed by atoms with Crippen molar-refractivity contribution >= 4 is 49.1 Å². The van der Waals surface area contributed by atoms with E-state index in [1.807, 2.05) is 42.5 Å². The molecule has 21 heavy (non-hydrogen) atoms. The fraction of sp³-hybridized carbons (Fsp3) is 0.176. The quantitative estimate of drug-likeness (QED) is 0.518. The molecule has 0 radical (unpaired) electrons. The minimum Gasteiger partial charge on any atom is -0.497 e. The Bertz CT molecular complexity index is 817. The molecule has 0 saturated heterocycles. The summed E-state index contributed by atoms with van der Waals surface area (Å²) < 4.78 is 5.32. The smallest absolute Gasteiger partial charge is 0.119 e. The van der Waals surface area contributed by atoms with Crippen LogP contribution in [-0.4, -0.2) is 17.5 Å². The molecule has 0 fully saturated rings. The molecule has 0 aliphatic rings. The average Bonchev–Trinajstić information content (AvgIpc) is 2.53. The lowest BCUT2D eigenvalue weighted by Crippen LogP contribution is -2.00. The Morgan fingerprint density at radius 2 is 1.90 bits per heavy atom. The lowest BCUT2D eigenvalue weighted by Gasteiger charge is -2.15. The normalized spacial score (nSPS) is 12.8. The third kappa shape index (κ3) is 2.61. The first-order valence-corrected chi connectivity index (χ1v) is 8.08. The maximum absolute atomic E-state index is 10.3. The number of hydrogen-bond donors (Lipinski definition) is 1. The summed E-state index contributed by atoms with van der Waals surface area (Å²) in [6.45, 7) is 0. The van der Waals surface area contributed by atoms with Crippen LogP contribution in [-0.2, 0) is 0 Å². The number of methoxy groups -OCH3 is 1. The summed E-state index contributed by atoms with van der Waals surface area (Å²) in [6, 6.07) is 13.7. The van der Waals surface area contributed by atoms with Gasteiger partial charge in [-0.2, -0.15) is 0 Å². The van der Waals surface area contributed by atoms with Gasteiger partial charge < -0.3 is 9.84 Å². The summed E-state index contributed by atoms with van der Waals surface area (Å²) in [4.78, 5) is 0. The van der Waals surface area contributed by atoms with Gasteiger partial charge in [0.25, 0.3) is 0 Å². The first kappa shape index (κ1) is 14.6. The molecule has 0 aromatic heterocycles. The van der Waals surface area contributed by atoms with Gasteiger partial charge in [0.05, 0.1) is 13.2 Å². The van der Waals surface area contributed by atoms with E-state index in [0.717, 1.165) is 32.9 Å². The van der Waals surface area contributed by atoms with E-state index in [-0.39, 0.29) is 0 Å². The van der Waals surface area contributed by atoms with Crippen LogP contribution in [0.3, 0.4) is 0 Å². The van der Waals surface area contributed by atoms with Crippen LogP contribution in [0.5, 0.6) is 5.75 Å². The topological polar surface area (TPSA) is 29.5 Å². The van der Waals surface area contributed by atoms with Gasteiger partial charge in [-0.25, -0.2) is 0 Å². The van der Waals surface area contributed by atoms with Crippen LogP contribution in [0.25, 0.3) is 21.5 Å². The first-order chi connectivity index (χ1) is 10.1. The summed E-state index contributed by atoms with van der Waals surface area (Å²) in [5, 5.41) is 15.6. The molecule has 0 amide bonds. The van der Waals surface area contributed by atoms with Crippen LogP contribution >= 0.6 is 27.5 Å². The minimum atomic E-state index is -0.555. The summed E-state index contributed by atoms with van der Waals surface area (Å²) in [5.74, 6) is 0.786. The molecule has 108 valence electrons. The number of fused-ring (bicyclic) bond motifs is 3. The van der Waals surface area contributed by atoms with Gasteiger partial charge >= 0.3 is 0 Å². The molecule has 4 heteroatoms. The summed E-state index contributed by atoms with van der Waals surface area (Å²) in [5.41, 5.74) is 0.902. The Kier molecular flexibility index (Phi) is 4.07. The number of alkyl halides is 1. The fourth-order valence-corrected chi connectivity index (χ4v) is 3.14. The highest BCUT2D eigenvalue weighted by Crippen LogP contribution is 2.35. The van der Waals surface area contributed by atoms with Crippen molar-refractivity contribution in [3.8, 4) is 5.75 Å². The molecule has 0 aliphatic carbocycles.